The third kappa shape index (κ3) is 4.90. The molecule has 0 bridgehead atoms. The number of esters is 2. The Morgan fingerprint density at radius 1 is 1.20 bits per heavy atom. The molecule has 1 heterocycles. The average Bonchev–Trinajstić information content (AvgIpc) is 2.70. The lowest BCUT2D eigenvalue weighted by Gasteiger charge is -2.06. The van der Waals surface area contributed by atoms with Gasteiger partial charge >= 0.3 is 11.9 Å². The van der Waals surface area contributed by atoms with Gasteiger partial charge in [-0.3, -0.25) is 14.4 Å². The molecule has 0 aliphatic carbocycles. The fraction of sp³-hybridized carbons (Fsp3) is 0.769. The van der Waals surface area contributed by atoms with E-state index in [0.717, 1.165) is 0 Å². The van der Waals surface area contributed by atoms with E-state index < -0.39 is 18.0 Å². The normalized spacial score (nSPS) is 21.9. The van der Waals surface area contributed by atoms with Gasteiger partial charge in [-0.1, -0.05) is 6.42 Å². The molecule has 0 aromatic heterocycles. The van der Waals surface area contributed by atoms with Crippen molar-refractivity contribution in [1.29, 1.82) is 0 Å². The average molecular weight is 288 g/mol. The van der Waals surface area contributed by atoms with Crippen molar-refractivity contribution in [1.82, 2.24) is 0 Å². The number of hydrogen-bond acceptors (Lipinski definition) is 7. The maximum atomic E-state index is 12.0. The summed E-state index contributed by atoms with van der Waals surface area (Å²) in [6.45, 7) is 0.190. The largest absolute Gasteiger partial charge is 0.469 e. The van der Waals surface area contributed by atoms with E-state index in [-0.39, 0.29) is 31.2 Å². The number of rotatable bonds is 9. The van der Waals surface area contributed by atoms with Crippen molar-refractivity contribution in [3.63, 3.8) is 0 Å². The predicted molar refractivity (Wildman–Crippen MR) is 66.4 cm³/mol. The lowest BCUT2D eigenvalue weighted by Crippen LogP contribution is -2.22. The Labute approximate surface area is 117 Å². The maximum absolute atomic E-state index is 12.0. The molecule has 114 valence electrons. The lowest BCUT2D eigenvalue weighted by atomic mass is 9.95. The minimum Gasteiger partial charge on any atom is -0.469 e. The van der Waals surface area contributed by atoms with Crippen molar-refractivity contribution in [3.8, 4) is 0 Å². The highest BCUT2D eigenvalue weighted by Crippen LogP contribution is 2.24. The highest BCUT2D eigenvalue weighted by molar-refractivity contribution is 6.06. The highest BCUT2D eigenvalue weighted by atomic mass is 17.2. The predicted octanol–water partition coefficient (Wildman–Crippen LogP) is 0.799. The quantitative estimate of drug-likeness (QED) is 0.204. The van der Waals surface area contributed by atoms with E-state index >= 15 is 0 Å². The van der Waals surface area contributed by atoms with E-state index in [2.05, 4.69) is 14.5 Å². The topological polar surface area (TPSA) is 88.1 Å². The molecular formula is C13H20O7. The van der Waals surface area contributed by atoms with E-state index in [4.69, 9.17) is 4.74 Å². The fourth-order valence-corrected chi connectivity index (χ4v) is 2.04. The van der Waals surface area contributed by atoms with Crippen LogP contribution in [-0.2, 0) is 33.6 Å². The van der Waals surface area contributed by atoms with Gasteiger partial charge in [0.15, 0.2) is 11.9 Å². The molecule has 2 atom stereocenters. The van der Waals surface area contributed by atoms with Crippen molar-refractivity contribution < 1.29 is 33.6 Å². The first-order chi connectivity index (χ1) is 9.60. The highest BCUT2D eigenvalue weighted by Gasteiger charge is 2.42. The molecule has 0 radical (unpaired) electrons. The zero-order valence-corrected chi connectivity index (χ0v) is 11.8. The summed E-state index contributed by atoms with van der Waals surface area (Å²) in [5.41, 5.74) is 0. The number of carbonyl (C=O) groups is 3. The van der Waals surface area contributed by atoms with Crippen molar-refractivity contribution in [2.75, 3.05) is 20.8 Å². The SMILES string of the molecule is COOCCC1OC(=O)C(CCCCC(=O)OC)C1=O. The Bertz CT molecular complexity index is 353. The summed E-state index contributed by atoms with van der Waals surface area (Å²) in [4.78, 5) is 43.6. The molecule has 0 spiro atoms. The third-order valence-corrected chi connectivity index (χ3v) is 3.14. The van der Waals surface area contributed by atoms with E-state index in [1.807, 2.05) is 0 Å². The molecule has 7 heteroatoms. The summed E-state index contributed by atoms with van der Waals surface area (Å²) < 4.78 is 9.53. The molecule has 20 heavy (non-hydrogen) atoms. The molecular weight excluding hydrogens is 268 g/mol. The van der Waals surface area contributed by atoms with Gasteiger partial charge in [0.05, 0.1) is 20.8 Å². The molecule has 1 rings (SSSR count). The number of ether oxygens (including phenoxy) is 2. The van der Waals surface area contributed by atoms with Crippen LogP contribution in [0.2, 0.25) is 0 Å². The van der Waals surface area contributed by atoms with Crippen LogP contribution in [0.3, 0.4) is 0 Å². The maximum Gasteiger partial charge on any atom is 0.317 e. The zero-order valence-electron chi connectivity index (χ0n) is 11.8. The lowest BCUT2D eigenvalue weighted by molar-refractivity contribution is -0.274. The molecule has 0 aromatic rings. The molecule has 0 N–H and O–H groups in total. The van der Waals surface area contributed by atoms with Gasteiger partial charge in [-0.15, -0.1) is 0 Å². The molecule has 1 aliphatic heterocycles. The zero-order chi connectivity index (χ0) is 15.0. The summed E-state index contributed by atoms with van der Waals surface area (Å²) >= 11 is 0. The second-order valence-corrected chi connectivity index (χ2v) is 4.48. The summed E-state index contributed by atoms with van der Waals surface area (Å²) in [7, 11) is 2.69. The first-order valence-electron chi connectivity index (χ1n) is 6.56. The number of cyclic esters (lactones) is 1. The van der Waals surface area contributed by atoms with E-state index in [1.165, 1.54) is 14.2 Å². The van der Waals surface area contributed by atoms with Gasteiger partial charge in [0.25, 0.3) is 0 Å². The third-order valence-electron chi connectivity index (χ3n) is 3.14. The van der Waals surface area contributed by atoms with Crippen LogP contribution >= 0.6 is 0 Å². The van der Waals surface area contributed by atoms with Gasteiger partial charge in [-0.05, 0) is 12.8 Å². The molecule has 1 aliphatic rings. The first-order valence-corrected chi connectivity index (χ1v) is 6.56. The smallest absolute Gasteiger partial charge is 0.317 e. The van der Waals surface area contributed by atoms with Crippen molar-refractivity contribution >= 4 is 17.7 Å². The number of carbonyl (C=O) groups excluding carboxylic acids is 3. The summed E-state index contributed by atoms with van der Waals surface area (Å²) in [6.07, 6.45) is 1.41. The van der Waals surface area contributed by atoms with E-state index in [1.54, 1.807) is 0 Å². The molecule has 0 saturated carbocycles. The number of hydrogen-bond donors (Lipinski definition) is 0. The first kappa shape index (κ1) is 16.6. The fourth-order valence-electron chi connectivity index (χ4n) is 2.04. The van der Waals surface area contributed by atoms with Crippen molar-refractivity contribution in [2.45, 2.75) is 38.2 Å². The molecule has 7 nitrogen and oxygen atoms in total. The monoisotopic (exact) mass is 288 g/mol. The van der Waals surface area contributed by atoms with Crippen molar-refractivity contribution in [3.05, 3.63) is 0 Å². The minimum absolute atomic E-state index is 0.190. The number of ketones is 1. The molecule has 2 unspecified atom stereocenters. The summed E-state index contributed by atoms with van der Waals surface area (Å²) in [5.74, 6) is -1.72. The van der Waals surface area contributed by atoms with Crippen LogP contribution in [0.25, 0.3) is 0 Å². The Hall–Kier alpha value is -1.47. The van der Waals surface area contributed by atoms with Gasteiger partial charge in [0.1, 0.15) is 5.92 Å². The summed E-state index contributed by atoms with van der Waals surface area (Å²) in [6, 6.07) is 0. The van der Waals surface area contributed by atoms with E-state index in [0.29, 0.717) is 19.3 Å². The van der Waals surface area contributed by atoms with Gasteiger partial charge < -0.3 is 9.47 Å². The number of unbranched alkanes of at least 4 members (excludes halogenated alkanes) is 1. The van der Waals surface area contributed by atoms with Crippen LogP contribution < -0.4 is 0 Å². The Morgan fingerprint density at radius 3 is 2.60 bits per heavy atom. The van der Waals surface area contributed by atoms with Crippen LogP contribution in [0.5, 0.6) is 0 Å². The number of methoxy groups -OCH3 is 1. The molecule has 0 aromatic carbocycles. The van der Waals surface area contributed by atoms with Crippen LogP contribution in [0.1, 0.15) is 32.1 Å². The van der Waals surface area contributed by atoms with Gasteiger partial charge in [0.2, 0.25) is 0 Å². The van der Waals surface area contributed by atoms with Crippen LogP contribution in [0.15, 0.2) is 0 Å². The van der Waals surface area contributed by atoms with Crippen LogP contribution in [0.4, 0.5) is 0 Å². The second-order valence-electron chi connectivity index (χ2n) is 4.48. The summed E-state index contributed by atoms with van der Waals surface area (Å²) in [5, 5.41) is 0. The minimum atomic E-state index is -0.747. The number of Topliss-reactive ketones (excluding diaryl/α,β-unsaturated/α-hetero) is 1. The van der Waals surface area contributed by atoms with Gasteiger partial charge in [-0.2, -0.15) is 0 Å². The molecule has 1 fully saturated rings. The second kappa shape index (κ2) is 8.65. The van der Waals surface area contributed by atoms with Crippen LogP contribution in [-0.4, -0.2) is 44.7 Å². The Balaban J connectivity index is 2.30. The molecule has 1 saturated heterocycles. The van der Waals surface area contributed by atoms with E-state index in [9.17, 15) is 14.4 Å². The van der Waals surface area contributed by atoms with Crippen LogP contribution in [0, 0.1) is 5.92 Å². The molecule has 0 amide bonds. The van der Waals surface area contributed by atoms with Gasteiger partial charge in [-0.25, -0.2) is 9.78 Å². The Morgan fingerprint density at radius 2 is 1.95 bits per heavy atom. The standard InChI is InChI=1S/C13H20O7/c1-17-11(14)6-4-3-5-9-12(15)10(20-13(9)16)7-8-19-18-2/h9-10H,3-8H2,1-2H3. The Kier molecular flexibility index (Phi) is 7.17. The van der Waals surface area contributed by atoms with Crippen molar-refractivity contribution in [2.24, 2.45) is 5.92 Å². The van der Waals surface area contributed by atoms with Gasteiger partial charge in [0, 0.05) is 12.8 Å².